The first-order chi connectivity index (χ1) is 12.0. The van der Waals surface area contributed by atoms with Gasteiger partial charge in [-0.25, -0.2) is 4.79 Å². The molecule has 4 amide bonds. The van der Waals surface area contributed by atoms with Crippen molar-refractivity contribution in [1.29, 1.82) is 0 Å². The number of hydrogen-bond donors (Lipinski definition) is 1. The number of hydrogen-bond acceptors (Lipinski definition) is 4. The van der Waals surface area contributed by atoms with E-state index in [2.05, 4.69) is 10.3 Å². The van der Waals surface area contributed by atoms with E-state index in [1.54, 1.807) is 0 Å². The summed E-state index contributed by atoms with van der Waals surface area (Å²) in [6.45, 7) is 1.95. The van der Waals surface area contributed by atoms with Gasteiger partial charge in [0.15, 0.2) is 5.92 Å². The molecule has 4 rings (SSSR count). The van der Waals surface area contributed by atoms with Crippen molar-refractivity contribution in [2.75, 3.05) is 0 Å². The summed E-state index contributed by atoms with van der Waals surface area (Å²) in [7, 11) is 0. The third-order valence-corrected chi connectivity index (χ3v) is 5.64. The number of aryl methyl sites for hydroxylation is 1. The second kappa shape index (κ2) is 6.10. The fourth-order valence-corrected chi connectivity index (χ4v) is 4.45. The van der Waals surface area contributed by atoms with Gasteiger partial charge in [-0.3, -0.25) is 24.8 Å². The first-order valence-corrected chi connectivity index (χ1v) is 8.81. The highest BCUT2D eigenvalue weighted by Gasteiger charge is 2.50. The van der Waals surface area contributed by atoms with Gasteiger partial charge in [0, 0.05) is 12.3 Å². The van der Waals surface area contributed by atoms with Crippen molar-refractivity contribution in [3.8, 4) is 0 Å². The van der Waals surface area contributed by atoms with Gasteiger partial charge in [-0.1, -0.05) is 18.6 Å². The van der Waals surface area contributed by atoms with E-state index in [0.717, 1.165) is 24.8 Å². The van der Waals surface area contributed by atoms with Gasteiger partial charge in [0.05, 0.1) is 5.69 Å². The van der Waals surface area contributed by atoms with Gasteiger partial charge in [0.25, 0.3) is 0 Å². The molecular weight excluding hydrogens is 318 g/mol. The van der Waals surface area contributed by atoms with Crippen molar-refractivity contribution in [3.05, 3.63) is 29.8 Å². The molecule has 3 aliphatic rings. The Morgan fingerprint density at radius 2 is 2.04 bits per heavy atom. The summed E-state index contributed by atoms with van der Waals surface area (Å²) in [4.78, 5) is 42.8. The molecule has 1 aromatic rings. The molecule has 0 unspecified atom stereocenters. The molecule has 25 heavy (non-hydrogen) atoms. The Hall–Kier alpha value is -2.50. The average Bonchev–Trinajstić information content (AvgIpc) is 3.17. The lowest BCUT2D eigenvalue weighted by molar-refractivity contribution is -0.141. The van der Waals surface area contributed by atoms with Crippen LogP contribution in [-0.2, 0) is 9.59 Å². The number of carbonyl (C=O) groups excluding carboxylic acids is 3. The highest BCUT2D eigenvalue weighted by atomic mass is 16.2. The van der Waals surface area contributed by atoms with Crippen LogP contribution in [0.3, 0.4) is 0 Å². The number of imide groups is 2. The third-order valence-electron chi connectivity index (χ3n) is 5.64. The summed E-state index contributed by atoms with van der Waals surface area (Å²) < 4.78 is 0. The number of aliphatic imine (C=N–C) groups is 1. The zero-order valence-corrected chi connectivity index (χ0v) is 14.1. The number of nitrogens with one attached hydrogen (secondary N) is 1. The monoisotopic (exact) mass is 339 g/mol. The minimum atomic E-state index is -1.04. The molecule has 0 spiro atoms. The largest absolute Gasteiger partial charge is 0.331 e. The van der Waals surface area contributed by atoms with Crippen LogP contribution in [0.25, 0.3) is 0 Å². The molecule has 1 heterocycles. The maximum atomic E-state index is 12.9. The van der Waals surface area contributed by atoms with Crippen LogP contribution in [-0.4, -0.2) is 35.0 Å². The Morgan fingerprint density at radius 1 is 1.20 bits per heavy atom. The number of amides is 4. The standard InChI is InChI=1S/C19H21N3O3/c1-11-3-2-4-14(7-11)20-10-15-17(23)21-19(25)22(18(15)24)16-9-12-5-6-13(16)8-12/h2-4,7,10,12-13,15-16H,5-6,8-9H2,1H3,(H,21,23,25)/t12-,13-,15+,16+/m0/s1. The Morgan fingerprint density at radius 3 is 2.72 bits per heavy atom. The van der Waals surface area contributed by atoms with Crippen LogP contribution in [0.1, 0.15) is 31.2 Å². The van der Waals surface area contributed by atoms with E-state index in [0.29, 0.717) is 17.5 Å². The van der Waals surface area contributed by atoms with E-state index < -0.39 is 23.8 Å². The number of urea groups is 1. The predicted molar refractivity (Wildman–Crippen MR) is 92.4 cm³/mol. The molecule has 1 N–H and O–H groups in total. The van der Waals surface area contributed by atoms with Crippen molar-refractivity contribution in [2.24, 2.45) is 22.7 Å². The summed E-state index contributed by atoms with van der Waals surface area (Å²) in [6, 6.07) is 6.86. The van der Waals surface area contributed by atoms with E-state index in [9.17, 15) is 14.4 Å². The Kier molecular flexibility index (Phi) is 3.90. The molecule has 6 nitrogen and oxygen atoms in total. The van der Waals surface area contributed by atoms with Crippen LogP contribution < -0.4 is 5.32 Å². The predicted octanol–water partition coefficient (Wildman–Crippen LogP) is 2.58. The molecule has 130 valence electrons. The van der Waals surface area contributed by atoms with Gasteiger partial charge in [-0.05, 0) is 55.7 Å². The summed E-state index contributed by atoms with van der Waals surface area (Å²) in [5.41, 5.74) is 1.73. The zero-order chi connectivity index (χ0) is 17.6. The number of nitrogens with zero attached hydrogens (tertiary/aromatic N) is 2. The quantitative estimate of drug-likeness (QED) is 0.679. The minimum absolute atomic E-state index is 0.0748. The van der Waals surface area contributed by atoms with E-state index in [-0.39, 0.29) is 6.04 Å². The van der Waals surface area contributed by atoms with Crippen LogP contribution >= 0.6 is 0 Å². The van der Waals surface area contributed by atoms with Crippen LogP contribution in [0, 0.1) is 24.7 Å². The molecule has 1 saturated heterocycles. The van der Waals surface area contributed by atoms with E-state index in [1.807, 2.05) is 31.2 Å². The Labute approximate surface area is 146 Å². The van der Waals surface area contributed by atoms with Gasteiger partial charge >= 0.3 is 6.03 Å². The van der Waals surface area contributed by atoms with Gasteiger partial charge in [-0.2, -0.15) is 0 Å². The molecule has 2 bridgehead atoms. The highest BCUT2D eigenvalue weighted by molar-refractivity contribution is 6.23. The van der Waals surface area contributed by atoms with Crippen molar-refractivity contribution >= 4 is 29.7 Å². The Balaban J connectivity index is 1.56. The lowest BCUT2D eigenvalue weighted by Gasteiger charge is -2.36. The highest BCUT2D eigenvalue weighted by Crippen LogP contribution is 2.47. The SMILES string of the molecule is Cc1cccc(N=C[C@@H]2C(=O)NC(=O)N([C@@H]3C[C@H]4CC[C@H]3C4)C2=O)c1. The van der Waals surface area contributed by atoms with Gasteiger partial charge in [0.2, 0.25) is 11.8 Å². The fraction of sp³-hybridized carbons (Fsp3) is 0.474. The van der Waals surface area contributed by atoms with Crippen molar-refractivity contribution in [3.63, 3.8) is 0 Å². The maximum Gasteiger partial charge on any atom is 0.331 e. The summed E-state index contributed by atoms with van der Waals surface area (Å²) in [5.74, 6) is -1.10. The smallest absolute Gasteiger partial charge is 0.277 e. The van der Waals surface area contributed by atoms with E-state index in [4.69, 9.17) is 0 Å². The van der Waals surface area contributed by atoms with E-state index in [1.165, 1.54) is 17.5 Å². The summed E-state index contributed by atoms with van der Waals surface area (Å²) in [5, 5.41) is 2.33. The molecule has 2 saturated carbocycles. The molecule has 6 heteroatoms. The topological polar surface area (TPSA) is 78.8 Å². The van der Waals surface area contributed by atoms with Crippen molar-refractivity contribution in [2.45, 2.75) is 38.6 Å². The lowest BCUT2D eigenvalue weighted by atomic mass is 9.92. The molecule has 0 aromatic heterocycles. The van der Waals surface area contributed by atoms with E-state index >= 15 is 0 Å². The van der Waals surface area contributed by atoms with Crippen LogP contribution in [0.15, 0.2) is 29.3 Å². The van der Waals surface area contributed by atoms with Crippen molar-refractivity contribution in [1.82, 2.24) is 10.2 Å². The fourth-order valence-electron chi connectivity index (χ4n) is 4.45. The molecular formula is C19H21N3O3. The number of carbonyl (C=O) groups is 3. The first kappa shape index (κ1) is 16.0. The normalized spacial score (nSPS) is 31.9. The molecule has 4 atom stereocenters. The first-order valence-electron chi connectivity index (χ1n) is 8.81. The van der Waals surface area contributed by atoms with Gasteiger partial charge < -0.3 is 0 Å². The maximum absolute atomic E-state index is 12.9. The van der Waals surface area contributed by atoms with Crippen LogP contribution in [0.4, 0.5) is 10.5 Å². The van der Waals surface area contributed by atoms with Crippen molar-refractivity contribution < 1.29 is 14.4 Å². The Bertz CT molecular complexity index is 773. The van der Waals surface area contributed by atoms with Crippen LogP contribution in [0.2, 0.25) is 0 Å². The summed E-state index contributed by atoms with van der Waals surface area (Å²) in [6.07, 6.45) is 5.54. The van der Waals surface area contributed by atoms with Gasteiger partial charge in [0.1, 0.15) is 0 Å². The zero-order valence-electron chi connectivity index (χ0n) is 14.1. The number of rotatable bonds is 3. The van der Waals surface area contributed by atoms with Gasteiger partial charge in [-0.15, -0.1) is 0 Å². The number of benzene rings is 1. The average molecular weight is 339 g/mol. The second-order valence-electron chi connectivity index (χ2n) is 7.34. The molecule has 1 aliphatic heterocycles. The second-order valence-corrected chi connectivity index (χ2v) is 7.34. The molecule has 1 aromatic carbocycles. The third kappa shape index (κ3) is 2.86. The molecule has 2 aliphatic carbocycles. The minimum Gasteiger partial charge on any atom is -0.277 e. The summed E-state index contributed by atoms with van der Waals surface area (Å²) >= 11 is 0. The number of barbiturate groups is 1. The van der Waals surface area contributed by atoms with Crippen LogP contribution in [0.5, 0.6) is 0 Å². The number of fused-ring (bicyclic) bond motifs is 2. The molecule has 3 fully saturated rings. The molecule has 0 radical (unpaired) electrons. The lowest BCUT2D eigenvalue weighted by Crippen LogP contribution is -2.62.